The zero-order chi connectivity index (χ0) is 35.8. The number of nitrogens with one attached hydrogen (secondary N) is 2. The van der Waals surface area contributed by atoms with E-state index in [4.69, 9.17) is 14.0 Å². The number of fused-ring (bicyclic) bond motifs is 1. The van der Waals surface area contributed by atoms with E-state index in [1.165, 1.54) is 17.0 Å². The van der Waals surface area contributed by atoms with Crippen molar-refractivity contribution in [2.75, 3.05) is 25.5 Å². The molecule has 1 saturated carbocycles. The number of methoxy groups -OCH3 is 1. The summed E-state index contributed by atoms with van der Waals surface area (Å²) in [6, 6.07) is 7.21. The highest BCUT2D eigenvalue weighted by Gasteiger charge is 2.35. The van der Waals surface area contributed by atoms with Crippen molar-refractivity contribution in [1.29, 1.82) is 0 Å². The minimum atomic E-state index is -4.59. The number of rotatable bonds is 9. The molecule has 50 heavy (non-hydrogen) atoms. The number of halogens is 4. The molecule has 4 atom stereocenters. The number of nitrogens with zero attached hydrogens (tertiary/aromatic N) is 5. The van der Waals surface area contributed by atoms with Gasteiger partial charge in [-0.1, -0.05) is 11.2 Å². The summed E-state index contributed by atoms with van der Waals surface area (Å²) < 4.78 is 76.1. The van der Waals surface area contributed by atoms with Gasteiger partial charge in [0.2, 0.25) is 11.7 Å². The molecule has 0 spiro atoms. The molecule has 1 aliphatic heterocycles. The Balaban J connectivity index is 1.20. The van der Waals surface area contributed by atoms with Crippen LogP contribution in [0.2, 0.25) is 0 Å². The first kappa shape index (κ1) is 35.2. The molecule has 2 fully saturated rings. The summed E-state index contributed by atoms with van der Waals surface area (Å²) in [6.45, 7) is 3.89. The van der Waals surface area contributed by atoms with Gasteiger partial charge in [0.05, 0.1) is 41.5 Å². The zero-order valence-electron chi connectivity index (χ0n) is 28.3. The van der Waals surface area contributed by atoms with Crippen molar-refractivity contribution in [3.05, 3.63) is 54.2 Å². The Morgan fingerprint density at radius 1 is 1.12 bits per heavy atom. The van der Waals surface area contributed by atoms with Crippen molar-refractivity contribution >= 4 is 28.6 Å². The van der Waals surface area contributed by atoms with Crippen molar-refractivity contribution < 1.29 is 41.1 Å². The Kier molecular flexibility index (Phi) is 9.84. The number of hydrogen-bond acceptors (Lipinski definition) is 8. The number of benzene rings is 1. The van der Waals surface area contributed by atoms with E-state index in [-0.39, 0.29) is 67.0 Å². The highest BCUT2D eigenvalue weighted by Crippen LogP contribution is 2.36. The Hall–Kier alpha value is -4.60. The number of aromatic nitrogens is 4. The van der Waals surface area contributed by atoms with Crippen LogP contribution in [-0.4, -0.2) is 86.5 Å². The fourth-order valence-corrected chi connectivity index (χ4v) is 6.66. The summed E-state index contributed by atoms with van der Waals surface area (Å²) in [6.07, 6.45) is 0.194. The average Bonchev–Trinajstić information content (AvgIpc) is 3.86. The third-order valence-corrected chi connectivity index (χ3v) is 8.98. The SMILES string of the molecule is CO[C@@H]1CCC[C@H]1n1ccc(C(=O)NCc2nc(-c3cc4c(N[C@@H]5CN(C(=O)OC(C)(C)C)CC[C@@H]5F)cccc4n3CC(F)(F)F)no2)c1. The van der Waals surface area contributed by atoms with Gasteiger partial charge in [-0.2, -0.15) is 18.2 Å². The average molecular weight is 704 g/mol. The van der Waals surface area contributed by atoms with Gasteiger partial charge in [-0.25, -0.2) is 9.18 Å². The maximum atomic E-state index is 15.2. The molecule has 2 amide bonds. The van der Waals surface area contributed by atoms with Crippen LogP contribution in [0.3, 0.4) is 0 Å². The van der Waals surface area contributed by atoms with Crippen LogP contribution < -0.4 is 10.6 Å². The lowest BCUT2D eigenvalue weighted by Crippen LogP contribution is -2.51. The molecule has 1 aromatic carbocycles. The fourth-order valence-electron chi connectivity index (χ4n) is 6.66. The van der Waals surface area contributed by atoms with Gasteiger partial charge in [-0.05, 0) is 70.7 Å². The lowest BCUT2D eigenvalue weighted by molar-refractivity contribution is -0.139. The van der Waals surface area contributed by atoms with E-state index in [1.807, 2.05) is 10.8 Å². The first-order valence-electron chi connectivity index (χ1n) is 16.6. The van der Waals surface area contributed by atoms with Gasteiger partial charge in [0, 0.05) is 43.7 Å². The predicted octanol–water partition coefficient (Wildman–Crippen LogP) is 6.48. The molecule has 6 rings (SSSR count). The van der Waals surface area contributed by atoms with Crippen LogP contribution in [0, 0.1) is 0 Å². The van der Waals surface area contributed by atoms with E-state index >= 15 is 4.39 Å². The molecular formula is C34H41F4N7O5. The molecule has 4 aromatic rings. The molecular weight excluding hydrogens is 662 g/mol. The van der Waals surface area contributed by atoms with Crippen LogP contribution in [0.25, 0.3) is 22.4 Å². The third-order valence-electron chi connectivity index (χ3n) is 8.98. The highest BCUT2D eigenvalue weighted by molar-refractivity contribution is 5.96. The lowest BCUT2D eigenvalue weighted by atomic mass is 10.0. The summed E-state index contributed by atoms with van der Waals surface area (Å²) in [4.78, 5) is 31.3. The third kappa shape index (κ3) is 7.90. The molecule has 0 bridgehead atoms. The minimum absolute atomic E-state index is 0.00148. The molecule has 16 heteroatoms. The summed E-state index contributed by atoms with van der Waals surface area (Å²) >= 11 is 0. The van der Waals surface area contributed by atoms with E-state index in [0.29, 0.717) is 16.6 Å². The Morgan fingerprint density at radius 2 is 1.92 bits per heavy atom. The van der Waals surface area contributed by atoms with Crippen molar-refractivity contribution in [3.8, 4) is 11.5 Å². The number of amides is 2. The van der Waals surface area contributed by atoms with Gasteiger partial charge in [-0.3, -0.25) is 4.79 Å². The smallest absolute Gasteiger partial charge is 0.410 e. The maximum Gasteiger partial charge on any atom is 0.410 e. The van der Waals surface area contributed by atoms with Crippen molar-refractivity contribution in [3.63, 3.8) is 0 Å². The molecule has 0 unspecified atom stereocenters. The van der Waals surface area contributed by atoms with Crippen molar-refractivity contribution in [1.82, 2.24) is 29.5 Å². The molecule has 270 valence electrons. The number of ether oxygens (including phenoxy) is 2. The fraction of sp³-hybridized carbons (Fsp3) is 0.529. The summed E-state index contributed by atoms with van der Waals surface area (Å²) in [5.41, 5.74) is 0.303. The van der Waals surface area contributed by atoms with Crippen molar-refractivity contribution in [2.45, 2.75) is 95.7 Å². The van der Waals surface area contributed by atoms with Gasteiger partial charge in [-0.15, -0.1) is 0 Å². The number of carbonyl (C=O) groups excluding carboxylic acids is 2. The second-order valence-electron chi connectivity index (χ2n) is 13.8. The first-order chi connectivity index (χ1) is 23.7. The molecule has 1 saturated heterocycles. The van der Waals surface area contributed by atoms with Gasteiger partial charge < -0.3 is 38.7 Å². The van der Waals surface area contributed by atoms with Crippen LogP contribution in [0.5, 0.6) is 0 Å². The van der Waals surface area contributed by atoms with Gasteiger partial charge in [0.1, 0.15) is 18.3 Å². The molecule has 2 N–H and O–H groups in total. The molecule has 2 aliphatic rings. The van der Waals surface area contributed by atoms with Gasteiger partial charge in [0.25, 0.3) is 5.91 Å². The Morgan fingerprint density at radius 3 is 2.66 bits per heavy atom. The second-order valence-corrected chi connectivity index (χ2v) is 13.8. The van der Waals surface area contributed by atoms with E-state index in [1.54, 1.807) is 52.3 Å². The van der Waals surface area contributed by atoms with Crippen LogP contribution in [0.15, 0.2) is 47.2 Å². The molecule has 12 nitrogen and oxygen atoms in total. The molecule has 4 heterocycles. The zero-order valence-corrected chi connectivity index (χ0v) is 28.3. The summed E-state index contributed by atoms with van der Waals surface area (Å²) in [7, 11) is 1.68. The normalized spacial score (nSPS) is 21.5. The number of carbonyl (C=O) groups is 2. The molecule has 1 aliphatic carbocycles. The van der Waals surface area contributed by atoms with Crippen LogP contribution >= 0.6 is 0 Å². The standard InChI is InChI=1S/C34H41F4N7O5/c1-33(2,3)49-32(47)44-14-12-22(35)24(18-44)40-23-7-5-8-25-21(23)15-27(45(25)19-34(36,37)38)30-41-29(50-42-30)16-39-31(46)20-11-13-43(17-20)26-9-6-10-28(26)48-4/h5,7-8,11,13,15,17,22,24,26,28,40H,6,9-10,12,14,16,18-19H2,1-4H3,(H,39,46)/t22-,24+,26+,28+/m0/s1. The Labute approximate surface area is 286 Å². The largest absolute Gasteiger partial charge is 0.444 e. The molecule has 3 aromatic heterocycles. The second kappa shape index (κ2) is 14.0. The number of hydrogen-bond donors (Lipinski definition) is 2. The summed E-state index contributed by atoms with van der Waals surface area (Å²) in [5, 5.41) is 10.1. The Bertz CT molecular complexity index is 1830. The van der Waals surface area contributed by atoms with E-state index in [9.17, 15) is 22.8 Å². The molecule has 0 radical (unpaired) electrons. The highest BCUT2D eigenvalue weighted by atomic mass is 19.4. The maximum absolute atomic E-state index is 15.2. The van der Waals surface area contributed by atoms with Crippen LogP contribution in [0.1, 0.15) is 68.7 Å². The van der Waals surface area contributed by atoms with E-state index < -0.39 is 36.6 Å². The van der Waals surface area contributed by atoms with E-state index in [0.717, 1.165) is 23.8 Å². The summed E-state index contributed by atoms with van der Waals surface area (Å²) in [5.74, 6) is -0.498. The number of piperidine rings is 1. The number of likely N-dealkylation sites (tertiary alicyclic amines) is 1. The number of alkyl halides is 4. The van der Waals surface area contributed by atoms with Gasteiger partial charge >= 0.3 is 12.3 Å². The first-order valence-corrected chi connectivity index (χ1v) is 16.6. The minimum Gasteiger partial charge on any atom is -0.444 e. The van der Waals surface area contributed by atoms with Crippen LogP contribution in [-0.2, 0) is 22.6 Å². The van der Waals surface area contributed by atoms with Gasteiger partial charge in [0.15, 0.2) is 0 Å². The topological polar surface area (TPSA) is 129 Å². The number of anilines is 1. The monoisotopic (exact) mass is 703 g/mol. The van der Waals surface area contributed by atoms with Crippen LogP contribution in [0.4, 0.5) is 28.0 Å². The van der Waals surface area contributed by atoms with Crippen molar-refractivity contribution in [2.24, 2.45) is 0 Å². The lowest BCUT2D eigenvalue weighted by Gasteiger charge is -2.36. The predicted molar refractivity (Wildman–Crippen MR) is 175 cm³/mol. The quantitative estimate of drug-likeness (QED) is 0.190. The van der Waals surface area contributed by atoms with E-state index in [2.05, 4.69) is 20.8 Å².